The van der Waals surface area contributed by atoms with Crippen molar-refractivity contribution in [2.24, 2.45) is 5.41 Å². The van der Waals surface area contributed by atoms with Crippen molar-refractivity contribution < 1.29 is 4.74 Å². The minimum absolute atomic E-state index is 0.382. The number of piperidine rings is 1. The summed E-state index contributed by atoms with van der Waals surface area (Å²) in [7, 11) is 0. The number of likely N-dealkylation sites (tertiary alicyclic amines) is 1. The van der Waals surface area contributed by atoms with Crippen molar-refractivity contribution in [2.75, 3.05) is 32.7 Å². The van der Waals surface area contributed by atoms with Crippen LogP contribution in [0.5, 0.6) is 5.75 Å². The van der Waals surface area contributed by atoms with Gasteiger partial charge in [-0.25, -0.2) is 0 Å². The summed E-state index contributed by atoms with van der Waals surface area (Å²) in [5, 5.41) is 3.50. The zero-order valence-electron chi connectivity index (χ0n) is 14.3. The van der Waals surface area contributed by atoms with Crippen LogP contribution in [0.1, 0.15) is 37.3 Å². The molecule has 0 saturated carbocycles. The molecular weight excluding hydrogens is 272 g/mol. The maximum Gasteiger partial charge on any atom is 0.120 e. The van der Waals surface area contributed by atoms with Gasteiger partial charge in [0.1, 0.15) is 11.9 Å². The van der Waals surface area contributed by atoms with E-state index in [1.165, 1.54) is 50.3 Å². The van der Waals surface area contributed by atoms with Crippen LogP contribution < -0.4 is 10.1 Å². The Bertz CT molecular complexity index is 500. The predicted octanol–water partition coefficient (Wildman–Crippen LogP) is 3.15. The molecule has 1 atom stereocenters. The van der Waals surface area contributed by atoms with Gasteiger partial charge in [0.2, 0.25) is 0 Å². The molecule has 2 aliphatic heterocycles. The fourth-order valence-electron chi connectivity index (χ4n) is 3.71. The maximum absolute atomic E-state index is 6.20. The Morgan fingerprint density at radius 3 is 2.64 bits per heavy atom. The SMILES string of the molecule is Cc1ccc(OC2CCN(CC3(C)CCNC3)CC2)cc1C. The molecule has 1 aromatic carbocycles. The van der Waals surface area contributed by atoms with Gasteiger partial charge in [0, 0.05) is 26.2 Å². The normalized spacial score (nSPS) is 27.2. The first-order valence-electron chi connectivity index (χ1n) is 8.71. The highest BCUT2D eigenvalue weighted by atomic mass is 16.5. The van der Waals surface area contributed by atoms with Crippen LogP contribution in [0, 0.1) is 19.3 Å². The number of nitrogens with one attached hydrogen (secondary N) is 1. The Morgan fingerprint density at radius 2 is 2.00 bits per heavy atom. The molecule has 0 amide bonds. The van der Waals surface area contributed by atoms with Gasteiger partial charge in [-0.15, -0.1) is 0 Å². The van der Waals surface area contributed by atoms with Crippen LogP contribution in [0.2, 0.25) is 0 Å². The molecule has 2 heterocycles. The van der Waals surface area contributed by atoms with E-state index in [-0.39, 0.29) is 0 Å². The minimum atomic E-state index is 0.382. The summed E-state index contributed by atoms with van der Waals surface area (Å²) in [6, 6.07) is 6.45. The topological polar surface area (TPSA) is 24.5 Å². The Balaban J connectivity index is 1.48. The molecule has 3 heteroatoms. The van der Waals surface area contributed by atoms with E-state index in [1.54, 1.807) is 0 Å². The average molecular weight is 302 g/mol. The van der Waals surface area contributed by atoms with E-state index in [0.717, 1.165) is 18.6 Å². The number of hydrogen-bond acceptors (Lipinski definition) is 3. The Hall–Kier alpha value is -1.06. The monoisotopic (exact) mass is 302 g/mol. The Kier molecular flexibility index (Phi) is 4.74. The average Bonchev–Trinajstić information content (AvgIpc) is 2.91. The van der Waals surface area contributed by atoms with Gasteiger partial charge in [-0.1, -0.05) is 13.0 Å². The predicted molar refractivity (Wildman–Crippen MR) is 91.6 cm³/mol. The van der Waals surface area contributed by atoms with E-state index in [9.17, 15) is 0 Å². The van der Waals surface area contributed by atoms with Gasteiger partial charge in [0.15, 0.2) is 0 Å². The maximum atomic E-state index is 6.20. The summed E-state index contributed by atoms with van der Waals surface area (Å²) in [4.78, 5) is 2.63. The zero-order valence-corrected chi connectivity index (χ0v) is 14.3. The number of aryl methyl sites for hydroxylation is 2. The van der Waals surface area contributed by atoms with E-state index in [2.05, 4.69) is 49.2 Å². The number of hydrogen-bond donors (Lipinski definition) is 1. The van der Waals surface area contributed by atoms with Crippen molar-refractivity contribution in [1.82, 2.24) is 10.2 Å². The van der Waals surface area contributed by atoms with Crippen molar-refractivity contribution in [2.45, 2.75) is 46.1 Å². The molecule has 2 aliphatic rings. The fourth-order valence-corrected chi connectivity index (χ4v) is 3.71. The lowest BCUT2D eigenvalue weighted by Gasteiger charge is -2.37. The van der Waals surface area contributed by atoms with Gasteiger partial charge < -0.3 is 15.0 Å². The third kappa shape index (κ3) is 3.82. The fraction of sp³-hybridized carbons (Fsp3) is 0.684. The summed E-state index contributed by atoms with van der Waals surface area (Å²) in [6.45, 7) is 12.7. The molecule has 1 unspecified atom stereocenters. The van der Waals surface area contributed by atoms with Gasteiger partial charge in [-0.05, 0) is 68.3 Å². The van der Waals surface area contributed by atoms with Crippen LogP contribution >= 0.6 is 0 Å². The summed E-state index contributed by atoms with van der Waals surface area (Å²) in [5.41, 5.74) is 3.12. The number of rotatable bonds is 4. The largest absolute Gasteiger partial charge is 0.490 e. The molecule has 0 bridgehead atoms. The lowest BCUT2D eigenvalue weighted by Crippen LogP contribution is -2.44. The molecular formula is C19H30N2O. The molecule has 2 saturated heterocycles. The summed E-state index contributed by atoms with van der Waals surface area (Å²) < 4.78 is 6.20. The standard InChI is InChI=1S/C19H30N2O/c1-15-4-5-18(12-16(15)2)22-17-6-10-21(11-7-17)14-19(3)8-9-20-13-19/h4-5,12,17,20H,6-11,13-14H2,1-3H3. The van der Waals surface area contributed by atoms with E-state index in [4.69, 9.17) is 4.74 Å². The molecule has 0 aromatic heterocycles. The van der Waals surface area contributed by atoms with E-state index in [1.807, 2.05) is 0 Å². The van der Waals surface area contributed by atoms with Crippen molar-refractivity contribution in [1.29, 1.82) is 0 Å². The second-order valence-corrected chi connectivity index (χ2v) is 7.58. The quantitative estimate of drug-likeness (QED) is 0.925. The third-order valence-electron chi connectivity index (χ3n) is 5.38. The highest BCUT2D eigenvalue weighted by Gasteiger charge is 2.32. The highest BCUT2D eigenvalue weighted by molar-refractivity contribution is 5.33. The molecule has 0 aliphatic carbocycles. The van der Waals surface area contributed by atoms with Crippen molar-refractivity contribution in [3.63, 3.8) is 0 Å². The molecule has 2 fully saturated rings. The molecule has 1 N–H and O–H groups in total. The first kappa shape index (κ1) is 15.8. The van der Waals surface area contributed by atoms with Gasteiger partial charge in [0.25, 0.3) is 0 Å². The highest BCUT2D eigenvalue weighted by Crippen LogP contribution is 2.28. The Morgan fingerprint density at radius 1 is 1.23 bits per heavy atom. The van der Waals surface area contributed by atoms with E-state index in [0.29, 0.717) is 11.5 Å². The summed E-state index contributed by atoms with van der Waals surface area (Å²) in [6.07, 6.45) is 3.99. The van der Waals surface area contributed by atoms with Gasteiger partial charge in [-0.2, -0.15) is 0 Å². The van der Waals surface area contributed by atoms with Crippen molar-refractivity contribution >= 4 is 0 Å². The van der Waals surface area contributed by atoms with Crippen LogP contribution in [-0.4, -0.2) is 43.7 Å². The van der Waals surface area contributed by atoms with Crippen LogP contribution in [0.3, 0.4) is 0 Å². The van der Waals surface area contributed by atoms with Crippen molar-refractivity contribution in [3.8, 4) is 5.75 Å². The van der Waals surface area contributed by atoms with Gasteiger partial charge >= 0.3 is 0 Å². The van der Waals surface area contributed by atoms with Gasteiger partial charge in [0.05, 0.1) is 0 Å². The number of ether oxygens (including phenoxy) is 1. The van der Waals surface area contributed by atoms with E-state index >= 15 is 0 Å². The molecule has 0 radical (unpaired) electrons. The minimum Gasteiger partial charge on any atom is -0.490 e. The lowest BCUT2D eigenvalue weighted by molar-refractivity contribution is 0.0775. The van der Waals surface area contributed by atoms with Crippen molar-refractivity contribution in [3.05, 3.63) is 29.3 Å². The van der Waals surface area contributed by atoms with Crippen LogP contribution in [0.4, 0.5) is 0 Å². The second kappa shape index (κ2) is 6.59. The Labute approximate surface area is 135 Å². The zero-order chi connectivity index (χ0) is 15.6. The first-order valence-corrected chi connectivity index (χ1v) is 8.71. The molecule has 3 nitrogen and oxygen atoms in total. The summed E-state index contributed by atoms with van der Waals surface area (Å²) in [5.74, 6) is 1.04. The second-order valence-electron chi connectivity index (χ2n) is 7.58. The third-order valence-corrected chi connectivity index (χ3v) is 5.38. The lowest BCUT2D eigenvalue weighted by atomic mass is 9.88. The molecule has 1 aromatic rings. The van der Waals surface area contributed by atoms with Crippen LogP contribution in [0.25, 0.3) is 0 Å². The first-order chi connectivity index (χ1) is 10.5. The number of benzene rings is 1. The van der Waals surface area contributed by atoms with Crippen LogP contribution in [0.15, 0.2) is 18.2 Å². The number of nitrogens with zero attached hydrogens (tertiary/aromatic N) is 1. The molecule has 3 rings (SSSR count). The molecule has 0 spiro atoms. The van der Waals surface area contributed by atoms with Gasteiger partial charge in [-0.3, -0.25) is 0 Å². The van der Waals surface area contributed by atoms with Crippen LogP contribution in [-0.2, 0) is 0 Å². The summed E-state index contributed by atoms with van der Waals surface area (Å²) >= 11 is 0. The molecule has 22 heavy (non-hydrogen) atoms. The smallest absolute Gasteiger partial charge is 0.120 e. The molecule has 122 valence electrons. The van der Waals surface area contributed by atoms with E-state index < -0.39 is 0 Å².